The molecule has 1 heterocycles. The molecule has 0 unspecified atom stereocenters. The van der Waals surface area contributed by atoms with Gasteiger partial charge in [-0.2, -0.15) is 4.31 Å². The third kappa shape index (κ3) is 6.38. The zero-order chi connectivity index (χ0) is 22.3. The van der Waals surface area contributed by atoms with Crippen molar-refractivity contribution in [3.8, 4) is 5.75 Å². The number of ether oxygens (including phenoxy) is 1. The van der Waals surface area contributed by atoms with Gasteiger partial charge in [-0.05, 0) is 36.6 Å². The summed E-state index contributed by atoms with van der Waals surface area (Å²) < 4.78 is 45.5. The number of carbonyl (C=O) groups excluding carboxylic acids is 1. The van der Waals surface area contributed by atoms with Gasteiger partial charge in [0.1, 0.15) is 6.61 Å². The number of amides is 1. The highest BCUT2D eigenvalue weighted by Gasteiger charge is 2.31. The van der Waals surface area contributed by atoms with Crippen LogP contribution in [0.5, 0.6) is 5.75 Å². The molecule has 0 N–H and O–H groups in total. The Hall–Kier alpha value is -2.71. The second kappa shape index (κ2) is 10.5. The summed E-state index contributed by atoms with van der Waals surface area (Å²) in [7, 11) is -1.85. The zero-order valence-corrected chi connectivity index (χ0v) is 18.3. The van der Waals surface area contributed by atoms with E-state index in [-0.39, 0.29) is 24.2 Å². The number of likely N-dealkylation sites (N-methyl/N-ethyl adjacent to an activating group) is 1. The number of hydrogen-bond acceptors (Lipinski definition) is 4. The second-order valence-corrected chi connectivity index (χ2v) is 9.29. The van der Waals surface area contributed by atoms with Crippen LogP contribution in [-0.2, 0) is 14.8 Å². The summed E-state index contributed by atoms with van der Waals surface area (Å²) >= 11 is 0. The Morgan fingerprint density at radius 3 is 2.45 bits per heavy atom. The molecular weight excluding hydrogens is 419 g/mol. The van der Waals surface area contributed by atoms with E-state index in [4.69, 9.17) is 4.74 Å². The number of sulfonamides is 1. The van der Waals surface area contributed by atoms with E-state index in [1.54, 1.807) is 36.2 Å². The minimum Gasteiger partial charge on any atom is -0.489 e. The normalized spacial score (nSPS) is 15.8. The number of nitrogens with zero attached hydrogens (tertiary/aromatic N) is 2. The third-order valence-electron chi connectivity index (χ3n) is 5.29. The molecule has 8 heteroatoms. The van der Waals surface area contributed by atoms with Gasteiger partial charge in [0.25, 0.3) is 0 Å². The number of halogens is 1. The Morgan fingerprint density at radius 2 is 1.77 bits per heavy atom. The Bertz CT molecular complexity index is 1000. The maximum atomic E-state index is 13.6. The van der Waals surface area contributed by atoms with Gasteiger partial charge in [-0.25, -0.2) is 12.8 Å². The van der Waals surface area contributed by atoms with Crippen LogP contribution in [0.15, 0.2) is 60.0 Å². The largest absolute Gasteiger partial charge is 0.489 e. The number of hydrogen-bond donors (Lipinski definition) is 0. The van der Waals surface area contributed by atoms with E-state index < -0.39 is 15.8 Å². The van der Waals surface area contributed by atoms with Crippen LogP contribution >= 0.6 is 0 Å². The van der Waals surface area contributed by atoms with Crippen molar-refractivity contribution in [2.45, 2.75) is 12.8 Å². The molecule has 0 atom stereocenters. The van der Waals surface area contributed by atoms with Gasteiger partial charge >= 0.3 is 0 Å². The van der Waals surface area contributed by atoms with E-state index in [0.717, 1.165) is 5.56 Å². The first-order valence-corrected chi connectivity index (χ1v) is 11.7. The standard InChI is InChI=1S/C23H27FN2O4S/c1-25(16-17-30-22-10-6-5-9-21(22)24)23(27)20-11-14-26(15-12-20)31(28,29)18-13-19-7-3-2-4-8-19/h2-10,13,18,20H,11-12,14-17H2,1H3. The Labute approximate surface area is 183 Å². The van der Waals surface area contributed by atoms with Crippen LogP contribution in [0.25, 0.3) is 6.08 Å². The molecule has 0 saturated carbocycles. The van der Waals surface area contributed by atoms with Crippen LogP contribution in [0.3, 0.4) is 0 Å². The van der Waals surface area contributed by atoms with Crippen molar-refractivity contribution in [1.82, 2.24) is 9.21 Å². The lowest BCUT2D eigenvalue weighted by Crippen LogP contribution is -2.43. The highest BCUT2D eigenvalue weighted by Crippen LogP contribution is 2.22. The fraction of sp³-hybridized carbons (Fsp3) is 0.348. The number of para-hydroxylation sites is 1. The average molecular weight is 447 g/mol. The molecule has 1 amide bonds. The van der Waals surface area contributed by atoms with Gasteiger partial charge in [-0.1, -0.05) is 42.5 Å². The maximum Gasteiger partial charge on any atom is 0.236 e. The Balaban J connectivity index is 1.46. The number of carbonyl (C=O) groups is 1. The molecule has 2 aromatic carbocycles. The minimum absolute atomic E-state index is 0.0472. The lowest BCUT2D eigenvalue weighted by Gasteiger charge is -2.31. The Kier molecular flexibility index (Phi) is 7.81. The molecule has 31 heavy (non-hydrogen) atoms. The van der Waals surface area contributed by atoms with Crippen LogP contribution in [0.1, 0.15) is 18.4 Å². The van der Waals surface area contributed by atoms with Crippen LogP contribution in [0, 0.1) is 11.7 Å². The van der Waals surface area contributed by atoms with Crippen molar-refractivity contribution < 1.29 is 22.3 Å². The van der Waals surface area contributed by atoms with Gasteiger partial charge in [0, 0.05) is 31.5 Å². The van der Waals surface area contributed by atoms with Crippen molar-refractivity contribution in [2.24, 2.45) is 5.92 Å². The van der Waals surface area contributed by atoms with Crippen LogP contribution in [0.2, 0.25) is 0 Å². The van der Waals surface area contributed by atoms with Gasteiger partial charge in [-0.3, -0.25) is 4.79 Å². The molecule has 166 valence electrons. The van der Waals surface area contributed by atoms with E-state index in [0.29, 0.717) is 32.5 Å². The lowest BCUT2D eigenvalue weighted by molar-refractivity contribution is -0.135. The highest BCUT2D eigenvalue weighted by molar-refractivity contribution is 7.92. The SMILES string of the molecule is CN(CCOc1ccccc1F)C(=O)C1CCN(S(=O)(=O)C=Cc2ccccc2)CC1. The molecule has 2 aromatic rings. The van der Waals surface area contributed by atoms with Crippen LogP contribution in [0.4, 0.5) is 4.39 Å². The molecule has 1 saturated heterocycles. The summed E-state index contributed by atoms with van der Waals surface area (Å²) in [5, 5.41) is 1.22. The van der Waals surface area contributed by atoms with Gasteiger partial charge in [-0.15, -0.1) is 0 Å². The average Bonchev–Trinajstić information content (AvgIpc) is 2.79. The summed E-state index contributed by atoms with van der Waals surface area (Å²) in [5.74, 6) is -0.561. The predicted octanol–water partition coefficient (Wildman–Crippen LogP) is 3.38. The zero-order valence-electron chi connectivity index (χ0n) is 17.5. The lowest BCUT2D eigenvalue weighted by atomic mass is 9.97. The van der Waals surface area contributed by atoms with Crippen molar-refractivity contribution in [1.29, 1.82) is 0 Å². The summed E-state index contributed by atoms with van der Waals surface area (Å²) in [6.07, 6.45) is 2.52. The molecule has 6 nitrogen and oxygen atoms in total. The number of benzene rings is 2. The number of rotatable bonds is 8. The molecular formula is C23H27FN2O4S. The van der Waals surface area contributed by atoms with Crippen molar-refractivity contribution in [3.63, 3.8) is 0 Å². The number of piperidine rings is 1. The summed E-state index contributed by atoms with van der Waals surface area (Å²) in [4.78, 5) is 14.2. The highest BCUT2D eigenvalue weighted by atomic mass is 32.2. The van der Waals surface area contributed by atoms with Crippen molar-refractivity contribution in [2.75, 3.05) is 33.3 Å². The maximum absolute atomic E-state index is 13.6. The van der Waals surface area contributed by atoms with Gasteiger partial charge < -0.3 is 9.64 Å². The monoisotopic (exact) mass is 446 g/mol. The molecule has 0 aliphatic carbocycles. The Morgan fingerprint density at radius 1 is 1.13 bits per heavy atom. The minimum atomic E-state index is -3.53. The van der Waals surface area contributed by atoms with Crippen LogP contribution < -0.4 is 4.74 Å². The summed E-state index contributed by atoms with van der Waals surface area (Å²) in [6, 6.07) is 15.4. The smallest absolute Gasteiger partial charge is 0.236 e. The van der Waals surface area contributed by atoms with Gasteiger partial charge in [0.05, 0.1) is 6.54 Å². The molecule has 3 rings (SSSR count). The first-order chi connectivity index (χ1) is 14.9. The van der Waals surface area contributed by atoms with E-state index in [1.807, 2.05) is 30.3 Å². The molecule has 1 aliphatic rings. The fourth-order valence-corrected chi connectivity index (χ4v) is 4.67. The quantitative estimate of drug-likeness (QED) is 0.624. The molecule has 0 spiro atoms. The van der Waals surface area contributed by atoms with Gasteiger partial charge in [0.2, 0.25) is 15.9 Å². The van der Waals surface area contributed by atoms with E-state index in [2.05, 4.69) is 0 Å². The third-order valence-corrected chi connectivity index (χ3v) is 6.86. The molecule has 1 fully saturated rings. The fourth-order valence-electron chi connectivity index (χ4n) is 3.45. The molecule has 1 aliphatic heterocycles. The van der Waals surface area contributed by atoms with E-state index in [9.17, 15) is 17.6 Å². The second-order valence-electron chi connectivity index (χ2n) is 7.47. The topological polar surface area (TPSA) is 66.9 Å². The van der Waals surface area contributed by atoms with Crippen molar-refractivity contribution in [3.05, 3.63) is 71.4 Å². The summed E-state index contributed by atoms with van der Waals surface area (Å²) in [5.41, 5.74) is 0.815. The van der Waals surface area contributed by atoms with Crippen LogP contribution in [-0.4, -0.2) is 56.8 Å². The van der Waals surface area contributed by atoms with Crippen molar-refractivity contribution >= 4 is 22.0 Å². The molecule has 0 radical (unpaired) electrons. The van der Waals surface area contributed by atoms with E-state index >= 15 is 0 Å². The molecule has 0 aromatic heterocycles. The molecule has 0 bridgehead atoms. The van der Waals surface area contributed by atoms with E-state index in [1.165, 1.54) is 15.8 Å². The van der Waals surface area contributed by atoms with Gasteiger partial charge in [0.15, 0.2) is 11.6 Å². The first-order valence-electron chi connectivity index (χ1n) is 10.2. The summed E-state index contributed by atoms with van der Waals surface area (Å²) in [6.45, 7) is 1.11. The first kappa shape index (κ1) is 23.0. The predicted molar refractivity (Wildman–Crippen MR) is 118 cm³/mol.